The Hall–Kier alpha value is -0.860. The Balaban J connectivity index is 2.20. The molecule has 1 rings (SSSR count). The van der Waals surface area contributed by atoms with Crippen LogP contribution in [-0.2, 0) is 16.1 Å². The maximum absolute atomic E-state index is 5.38. The average Bonchev–Trinajstić information content (AvgIpc) is 2.19. The number of hydrogen-bond donors (Lipinski definition) is 0. The van der Waals surface area contributed by atoms with Crippen LogP contribution in [0.5, 0.6) is 0 Å². The maximum Gasteiger partial charge on any atom is 0.0805 e. The summed E-state index contributed by atoms with van der Waals surface area (Å²) in [5.41, 5.74) is 1.17. The van der Waals surface area contributed by atoms with E-state index in [0.29, 0.717) is 13.2 Å². The summed E-state index contributed by atoms with van der Waals surface area (Å²) in [7, 11) is 1.63. The molecule has 0 amide bonds. The van der Waals surface area contributed by atoms with Gasteiger partial charge in [-0.1, -0.05) is 30.3 Å². The summed E-state index contributed by atoms with van der Waals surface area (Å²) in [6.07, 6.45) is -0.0799. The minimum Gasteiger partial charge on any atom is -0.379 e. The van der Waals surface area contributed by atoms with Gasteiger partial charge in [-0.3, -0.25) is 0 Å². The SMILES string of the molecule is [CH2][C@@H](COCc1ccccc1)OC. The van der Waals surface area contributed by atoms with E-state index in [9.17, 15) is 0 Å². The van der Waals surface area contributed by atoms with E-state index in [2.05, 4.69) is 6.92 Å². The fraction of sp³-hybridized carbons (Fsp3) is 0.364. The Morgan fingerprint density at radius 2 is 2.00 bits per heavy atom. The van der Waals surface area contributed by atoms with Crippen molar-refractivity contribution in [3.8, 4) is 0 Å². The summed E-state index contributed by atoms with van der Waals surface area (Å²) in [5, 5.41) is 0. The summed E-state index contributed by atoms with van der Waals surface area (Å²) >= 11 is 0. The van der Waals surface area contributed by atoms with Crippen LogP contribution < -0.4 is 0 Å². The summed E-state index contributed by atoms with van der Waals surface area (Å²) in [5.74, 6) is 0. The van der Waals surface area contributed by atoms with Gasteiger partial charge in [0, 0.05) is 7.11 Å². The summed E-state index contributed by atoms with van der Waals surface area (Å²) in [4.78, 5) is 0. The second-order valence-corrected chi connectivity index (χ2v) is 2.86. The zero-order valence-corrected chi connectivity index (χ0v) is 7.90. The first-order valence-electron chi connectivity index (χ1n) is 4.30. The van der Waals surface area contributed by atoms with Gasteiger partial charge in [-0.2, -0.15) is 0 Å². The maximum atomic E-state index is 5.38. The third-order valence-electron chi connectivity index (χ3n) is 1.75. The average molecular weight is 179 g/mol. The molecule has 0 aliphatic carbocycles. The molecule has 0 aliphatic rings. The predicted molar refractivity (Wildman–Crippen MR) is 52.3 cm³/mol. The van der Waals surface area contributed by atoms with Crippen LogP contribution in [0.25, 0.3) is 0 Å². The minimum absolute atomic E-state index is 0.0799. The zero-order valence-electron chi connectivity index (χ0n) is 7.90. The molecular weight excluding hydrogens is 164 g/mol. The predicted octanol–water partition coefficient (Wildman–Crippen LogP) is 2.05. The highest BCUT2D eigenvalue weighted by Gasteiger charge is 1.98. The summed E-state index contributed by atoms with van der Waals surface area (Å²) < 4.78 is 10.3. The van der Waals surface area contributed by atoms with Gasteiger partial charge >= 0.3 is 0 Å². The van der Waals surface area contributed by atoms with E-state index in [1.807, 2.05) is 30.3 Å². The van der Waals surface area contributed by atoms with Crippen LogP contribution in [0.4, 0.5) is 0 Å². The van der Waals surface area contributed by atoms with Crippen LogP contribution in [0.15, 0.2) is 30.3 Å². The Kier molecular flexibility index (Phi) is 4.50. The summed E-state index contributed by atoms with van der Waals surface area (Å²) in [6.45, 7) is 4.89. The lowest BCUT2D eigenvalue weighted by Crippen LogP contribution is -2.13. The van der Waals surface area contributed by atoms with E-state index in [0.717, 1.165) is 0 Å². The lowest BCUT2D eigenvalue weighted by molar-refractivity contribution is 0.0244. The van der Waals surface area contributed by atoms with E-state index in [4.69, 9.17) is 9.47 Å². The summed E-state index contributed by atoms with van der Waals surface area (Å²) in [6, 6.07) is 10.0. The topological polar surface area (TPSA) is 18.5 Å². The first kappa shape index (κ1) is 10.2. The fourth-order valence-corrected chi connectivity index (χ4v) is 0.950. The number of rotatable bonds is 5. The molecule has 1 aromatic rings. The highest BCUT2D eigenvalue weighted by atomic mass is 16.5. The molecule has 2 heteroatoms. The molecule has 1 atom stereocenters. The van der Waals surface area contributed by atoms with Gasteiger partial charge in [0.25, 0.3) is 0 Å². The van der Waals surface area contributed by atoms with Crippen LogP contribution >= 0.6 is 0 Å². The van der Waals surface area contributed by atoms with Crippen molar-refractivity contribution < 1.29 is 9.47 Å². The van der Waals surface area contributed by atoms with E-state index < -0.39 is 0 Å². The molecule has 1 aromatic carbocycles. The van der Waals surface area contributed by atoms with Crippen LogP contribution in [0.2, 0.25) is 0 Å². The van der Waals surface area contributed by atoms with E-state index >= 15 is 0 Å². The molecule has 0 N–H and O–H groups in total. The molecule has 0 unspecified atom stereocenters. The molecule has 0 spiro atoms. The van der Waals surface area contributed by atoms with Crippen molar-refractivity contribution in [3.05, 3.63) is 42.8 Å². The van der Waals surface area contributed by atoms with Crippen LogP contribution in [-0.4, -0.2) is 19.8 Å². The molecule has 1 radical (unpaired) electrons. The van der Waals surface area contributed by atoms with Gasteiger partial charge in [-0.25, -0.2) is 0 Å². The van der Waals surface area contributed by atoms with Crippen molar-refractivity contribution in [3.63, 3.8) is 0 Å². The molecule has 13 heavy (non-hydrogen) atoms. The third kappa shape index (κ3) is 4.06. The van der Waals surface area contributed by atoms with Gasteiger partial charge in [-0.05, 0) is 12.5 Å². The van der Waals surface area contributed by atoms with Gasteiger partial charge in [0.1, 0.15) is 0 Å². The van der Waals surface area contributed by atoms with E-state index in [1.165, 1.54) is 5.56 Å². The van der Waals surface area contributed by atoms with E-state index in [1.54, 1.807) is 7.11 Å². The van der Waals surface area contributed by atoms with Crippen molar-refractivity contribution in [1.82, 2.24) is 0 Å². The van der Waals surface area contributed by atoms with Crippen molar-refractivity contribution in [2.75, 3.05) is 13.7 Å². The fourth-order valence-electron chi connectivity index (χ4n) is 0.950. The molecule has 0 saturated carbocycles. The van der Waals surface area contributed by atoms with E-state index in [-0.39, 0.29) is 6.10 Å². The van der Waals surface area contributed by atoms with Gasteiger partial charge in [0.05, 0.1) is 19.3 Å². The van der Waals surface area contributed by atoms with Crippen LogP contribution in [0.3, 0.4) is 0 Å². The number of benzene rings is 1. The highest BCUT2D eigenvalue weighted by Crippen LogP contribution is 2.01. The first-order chi connectivity index (χ1) is 6.33. The standard InChI is InChI=1S/C11H15O2/c1-10(12-2)8-13-9-11-6-4-3-5-7-11/h3-7,10H,1,8-9H2,2H3/t10-/m0/s1. The second-order valence-electron chi connectivity index (χ2n) is 2.86. The Labute approximate surface area is 79.5 Å². The molecule has 0 aliphatic heterocycles. The van der Waals surface area contributed by atoms with Gasteiger partial charge < -0.3 is 9.47 Å². The first-order valence-corrected chi connectivity index (χ1v) is 4.30. The molecule has 0 saturated heterocycles. The molecule has 0 heterocycles. The van der Waals surface area contributed by atoms with Crippen molar-refractivity contribution in [2.24, 2.45) is 0 Å². The van der Waals surface area contributed by atoms with Gasteiger partial charge in [0.15, 0.2) is 0 Å². The van der Waals surface area contributed by atoms with Crippen molar-refractivity contribution >= 4 is 0 Å². The second kappa shape index (κ2) is 5.73. The zero-order chi connectivity index (χ0) is 9.52. The van der Waals surface area contributed by atoms with Gasteiger partial charge in [-0.15, -0.1) is 0 Å². The van der Waals surface area contributed by atoms with Crippen molar-refractivity contribution in [2.45, 2.75) is 12.7 Å². The lowest BCUT2D eigenvalue weighted by atomic mass is 10.2. The Morgan fingerprint density at radius 1 is 1.31 bits per heavy atom. The third-order valence-corrected chi connectivity index (χ3v) is 1.75. The van der Waals surface area contributed by atoms with Crippen LogP contribution in [0, 0.1) is 6.92 Å². The molecule has 0 aromatic heterocycles. The molecule has 0 fully saturated rings. The van der Waals surface area contributed by atoms with Crippen LogP contribution in [0.1, 0.15) is 5.56 Å². The molecule has 0 bridgehead atoms. The largest absolute Gasteiger partial charge is 0.379 e. The quantitative estimate of drug-likeness (QED) is 0.688. The lowest BCUT2D eigenvalue weighted by Gasteiger charge is -2.09. The highest BCUT2D eigenvalue weighted by molar-refractivity contribution is 5.13. The Bertz CT molecular complexity index is 221. The molecule has 71 valence electrons. The number of hydrogen-bond acceptors (Lipinski definition) is 2. The molecular formula is C11H15O2. The Morgan fingerprint density at radius 3 is 2.62 bits per heavy atom. The normalized spacial score (nSPS) is 12.8. The van der Waals surface area contributed by atoms with Crippen molar-refractivity contribution in [1.29, 1.82) is 0 Å². The number of methoxy groups -OCH3 is 1. The van der Waals surface area contributed by atoms with Gasteiger partial charge in [0.2, 0.25) is 0 Å². The minimum atomic E-state index is -0.0799. The monoisotopic (exact) mass is 179 g/mol. The smallest absolute Gasteiger partial charge is 0.0805 e. The molecule has 2 nitrogen and oxygen atoms in total. The number of ether oxygens (including phenoxy) is 2.